The van der Waals surface area contributed by atoms with Crippen molar-refractivity contribution in [2.75, 3.05) is 13.1 Å². The number of carbonyl (C=O) groups is 1. The van der Waals surface area contributed by atoms with E-state index in [2.05, 4.69) is 4.90 Å². The van der Waals surface area contributed by atoms with Crippen LogP contribution in [-0.4, -0.2) is 39.3 Å². The van der Waals surface area contributed by atoms with Gasteiger partial charge in [-0.3, -0.25) is 9.69 Å². The van der Waals surface area contributed by atoms with Crippen LogP contribution in [0.1, 0.15) is 25.3 Å². The van der Waals surface area contributed by atoms with E-state index in [1.165, 1.54) is 6.07 Å². The number of carboxylic acids is 1. The quantitative estimate of drug-likeness (QED) is 0.776. The van der Waals surface area contributed by atoms with Gasteiger partial charge in [-0.25, -0.2) is 0 Å². The van der Waals surface area contributed by atoms with E-state index in [1.54, 1.807) is 19.1 Å². The number of aromatic hydroxyl groups is 2. The molecule has 1 aromatic rings. The fourth-order valence-corrected chi connectivity index (χ4v) is 2.35. The number of hydrogen-bond acceptors (Lipinski definition) is 4. The van der Waals surface area contributed by atoms with E-state index < -0.39 is 11.4 Å². The number of benzene rings is 1. The minimum Gasteiger partial charge on any atom is -0.508 e. The largest absolute Gasteiger partial charge is 0.508 e. The molecule has 0 atom stereocenters. The third kappa shape index (κ3) is 2.98. The molecule has 1 fully saturated rings. The van der Waals surface area contributed by atoms with Gasteiger partial charge in [-0.05, 0) is 38.9 Å². The molecule has 104 valence electrons. The van der Waals surface area contributed by atoms with Gasteiger partial charge in [0.2, 0.25) is 0 Å². The molecule has 1 aliphatic rings. The lowest BCUT2D eigenvalue weighted by atomic mass is 9.80. The Morgan fingerprint density at radius 3 is 2.47 bits per heavy atom. The molecule has 0 aliphatic carbocycles. The van der Waals surface area contributed by atoms with Gasteiger partial charge in [0, 0.05) is 18.2 Å². The first kappa shape index (κ1) is 13.7. The van der Waals surface area contributed by atoms with E-state index in [1.807, 2.05) is 0 Å². The van der Waals surface area contributed by atoms with Crippen LogP contribution in [0.2, 0.25) is 0 Å². The third-order valence-corrected chi connectivity index (χ3v) is 3.94. The Kier molecular flexibility index (Phi) is 3.66. The zero-order valence-corrected chi connectivity index (χ0v) is 11.0. The lowest BCUT2D eigenvalue weighted by Crippen LogP contribution is -2.42. The molecule has 2 rings (SSSR count). The van der Waals surface area contributed by atoms with Gasteiger partial charge in [0.1, 0.15) is 11.5 Å². The van der Waals surface area contributed by atoms with Crippen molar-refractivity contribution >= 4 is 5.97 Å². The Labute approximate surface area is 112 Å². The SMILES string of the molecule is CC1(C(=O)O)CCN(Cc2ccc(O)cc2O)CC1. The average molecular weight is 265 g/mol. The fourth-order valence-electron chi connectivity index (χ4n) is 2.35. The minimum atomic E-state index is -0.736. The van der Waals surface area contributed by atoms with Crippen molar-refractivity contribution in [2.45, 2.75) is 26.3 Å². The highest BCUT2D eigenvalue weighted by Crippen LogP contribution is 2.32. The van der Waals surface area contributed by atoms with Gasteiger partial charge in [-0.1, -0.05) is 6.07 Å². The van der Waals surface area contributed by atoms with Gasteiger partial charge in [0.05, 0.1) is 5.41 Å². The first-order chi connectivity index (χ1) is 8.90. The summed E-state index contributed by atoms with van der Waals surface area (Å²) in [5.41, 5.74) is 0.116. The normalized spacial score (nSPS) is 19.2. The van der Waals surface area contributed by atoms with Crippen molar-refractivity contribution < 1.29 is 20.1 Å². The predicted molar refractivity (Wildman–Crippen MR) is 70.0 cm³/mol. The third-order valence-electron chi connectivity index (χ3n) is 3.94. The summed E-state index contributed by atoms with van der Waals surface area (Å²) in [6.45, 7) is 3.75. The predicted octanol–water partition coefficient (Wildman–Crippen LogP) is 1.78. The highest BCUT2D eigenvalue weighted by Gasteiger charge is 2.36. The second-order valence-electron chi connectivity index (χ2n) is 5.45. The molecule has 3 N–H and O–H groups in total. The van der Waals surface area contributed by atoms with E-state index in [4.69, 9.17) is 5.11 Å². The van der Waals surface area contributed by atoms with Crippen LogP contribution in [0, 0.1) is 5.41 Å². The number of hydrogen-bond donors (Lipinski definition) is 3. The van der Waals surface area contributed by atoms with Crippen molar-refractivity contribution in [1.29, 1.82) is 0 Å². The zero-order valence-electron chi connectivity index (χ0n) is 11.0. The summed E-state index contributed by atoms with van der Waals surface area (Å²) in [4.78, 5) is 13.3. The van der Waals surface area contributed by atoms with Crippen LogP contribution in [0.4, 0.5) is 0 Å². The molecule has 19 heavy (non-hydrogen) atoms. The number of carboxylic acid groups (broad SMARTS) is 1. The molecular weight excluding hydrogens is 246 g/mol. The van der Waals surface area contributed by atoms with Crippen molar-refractivity contribution in [3.05, 3.63) is 23.8 Å². The monoisotopic (exact) mass is 265 g/mol. The van der Waals surface area contributed by atoms with E-state index in [0.717, 1.165) is 5.56 Å². The molecule has 0 radical (unpaired) electrons. The van der Waals surface area contributed by atoms with E-state index in [9.17, 15) is 15.0 Å². The minimum absolute atomic E-state index is 0.0401. The lowest BCUT2D eigenvalue weighted by Gasteiger charge is -2.36. The smallest absolute Gasteiger partial charge is 0.309 e. The highest BCUT2D eigenvalue weighted by atomic mass is 16.4. The van der Waals surface area contributed by atoms with Crippen LogP contribution in [0.25, 0.3) is 0 Å². The summed E-state index contributed by atoms with van der Waals surface area (Å²) in [5.74, 6) is -0.621. The molecular formula is C14H19NO4. The van der Waals surface area contributed by atoms with E-state index in [0.29, 0.717) is 32.5 Å². The maximum absolute atomic E-state index is 11.1. The number of piperidine rings is 1. The second-order valence-corrected chi connectivity index (χ2v) is 5.45. The Balaban J connectivity index is 1.98. The first-order valence-electron chi connectivity index (χ1n) is 6.37. The molecule has 1 aromatic carbocycles. The van der Waals surface area contributed by atoms with Crippen LogP contribution in [0.15, 0.2) is 18.2 Å². The molecule has 0 spiro atoms. The number of phenols is 2. The van der Waals surface area contributed by atoms with Crippen molar-refractivity contribution in [3.63, 3.8) is 0 Å². The standard InChI is InChI=1S/C14H19NO4/c1-14(13(18)19)4-6-15(7-5-14)9-10-2-3-11(16)8-12(10)17/h2-3,8,16-17H,4-7,9H2,1H3,(H,18,19). The van der Waals surface area contributed by atoms with E-state index >= 15 is 0 Å². The van der Waals surface area contributed by atoms with Crippen LogP contribution in [-0.2, 0) is 11.3 Å². The summed E-state index contributed by atoms with van der Waals surface area (Å²) in [7, 11) is 0. The summed E-state index contributed by atoms with van der Waals surface area (Å²) in [6.07, 6.45) is 1.22. The molecule has 1 aliphatic heterocycles. The van der Waals surface area contributed by atoms with Gasteiger partial charge in [-0.15, -0.1) is 0 Å². The van der Waals surface area contributed by atoms with Gasteiger partial charge < -0.3 is 15.3 Å². The maximum Gasteiger partial charge on any atom is 0.309 e. The molecule has 1 saturated heterocycles. The highest BCUT2D eigenvalue weighted by molar-refractivity contribution is 5.74. The Bertz CT molecular complexity index is 478. The second kappa shape index (κ2) is 5.09. The molecule has 0 unspecified atom stereocenters. The molecule has 0 saturated carbocycles. The summed E-state index contributed by atoms with van der Waals surface area (Å²) in [5, 5.41) is 28.1. The number of aliphatic carboxylic acids is 1. The number of likely N-dealkylation sites (tertiary alicyclic amines) is 1. The lowest BCUT2D eigenvalue weighted by molar-refractivity contribution is -0.150. The summed E-state index contributed by atoms with van der Waals surface area (Å²) in [6, 6.07) is 4.55. The van der Waals surface area contributed by atoms with Gasteiger partial charge >= 0.3 is 5.97 Å². The summed E-state index contributed by atoms with van der Waals surface area (Å²) < 4.78 is 0. The fraction of sp³-hybridized carbons (Fsp3) is 0.500. The van der Waals surface area contributed by atoms with Crippen molar-refractivity contribution in [2.24, 2.45) is 5.41 Å². The average Bonchev–Trinajstić information content (AvgIpc) is 2.35. The number of rotatable bonds is 3. The zero-order chi connectivity index (χ0) is 14.0. The number of nitrogens with zero attached hydrogens (tertiary/aromatic N) is 1. The van der Waals surface area contributed by atoms with E-state index in [-0.39, 0.29) is 11.5 Å². The molecule has 1 heterocycles. The molecule has 0 bridgehead atoms. The molecule has 0 aromatic heterocycles. The Morgan fingerprint density at radius 1 is 1.32 bits per heavy atom. The van der Waals surface area contributed by atoms with Crippen LogP contribution in [0.3, 0.4) is 0 Å². The Hall–Kier alpha value is -1.75. The Morgan fingerprint density at radius 2 is 1.95 bits per heavy atom. The summed E-state index contributed by atoms with van der Waals surface area (Å²) >= 11 is 0. The van der Waals surface area contributed by atoms with Crippen LogP contribution in [0.5, 0.6) is 11.5 Å². The topological polar surface area (TPSA) is 81.0 Å². The molecule has 5 nitrogen and oxygen atoms in total. The molecule has 0 amide bonds. The first-order valence-corrected chi connectivity index (χ1v) is 6.37. The van der Waals surface area contributed by atoms with Crippen LogP contribution >= 0.6 is 0 Å². The maximum atomic E-state index is 11.1. The van der Waals surface area contributed by atoms with Gasteiger partial charge in [-0.2, -0.15) is 0 Å². The molecule has 5 heteroatoms. The number of phenolic OH excluding ortho intramolecular Hbond substituents is 2. The van der Waals surface area contributed by atoms with Gasteiger partial charge in [0.15, 0.2) is 0 Å². The van der Waals surface area contributed by atoms with Crippen molar-refractivity contribution in [1.82, 2.24) is 4.90 Å². The van der Waals surface area contributed by atoms with Crippen molar-refractivity contribution in [3.8, 4) is 11.5 Å². The van der Waals surface area contributed by atoms with Gasteiger partial charge in [0.25, 0.3) is 0 Å². The van der Waals surface area contributed by atoms with Crippen LogP contribution < -0.4 is 0 Å².